The van der Waals surface area contributed by atoms with Crippen LogP contribution in [0, 0.1) is 0 Å². The molecule has 0 aliphatic heterocycles. The summed E-state index contributed by atoms with van der Waals surface area (Å²) in [6.45, 7) is 6.69. The number of ether oxygens (including phenoxy) is 2. The van der Waals surface area contributed by atoms with Crippen LogP contribution in [0.4, 0.5) is 0 Å². The van der Waals surface area contributed by atoms with E-state index in [-0.39, 0.29) is 0 Å². The summed E-state index contributed by atoms with van der Waals surface area (Å²) in [5.41, 5.74) is 4.54. The molecule has 198 valence electrons. The molecule has 0 N–H and O–H groups in total. The summed E-state index contributed by atoms with van der Waals surface area (Å²) in [4.78, 5) is 21.7. The van der Waals surface area contributed by atoms with Crippen molar-refractivity contribution in [1.29, 1.82) is 0 Å². The monoisotopic (exact) mass is 502 g/mol. The molecule has 0 unspecified atom stereocenters. The molecular formula is C32H42N2O3. The lowest BCUT2D eigenvalue weighted by molar-refractivity contribution is -0.146. The fourth-order valence-corrected chi connectivity index (χ4v) is 4.40. The molecule has 0 aliphatic rings. The Labute approximate surface area is 222 Å². The molecule has 5 nitrogen and oxygen atoms in total. The van der Waals surface area contributed by atoms with Crippen LogP contribution in [-0.2, 0) is 16.0 Å². The Balaban J connectivity index is 1.74. The summed E-state index contributed by atoms with van der Waals surface area (Å²) in [7, 11) is 0. The minimum atomic E-state index is -0.626. The molecule has 0 aliphatic carbocycles. The van der Waals surface area contributed by atoms with Crippen LogP contribution in [0.25, 0.3) is 22.5 Å². The molecule has 0 radical (unpaired) electrons. The van der Waals surface area contributed by atoms with E-state index in [9.17, 15) is 4.79 Å². The Kier molecular flexibility index (Phi) is 12.3. The van der Waals surface area contributed by atoms with Crippen LogP contribution in [0.3, 0.4) is 0 Å². The lowest BCUT2D eigenvalue weighted by Crippen LogP contribution is -2.26. The second kappa shape index (κ2) is 15.9. The smallest absolute Gasteiger partial charge is 0.340 e. The van der Waals surface area contributed by atoms with Gasteiger partial charge in [0.15, 0.2) is 17.7 Å². The molecule has 2 aromatic carbocycles. The maximum absolute atomic E-state index is 12.5. The number of carbonyl (C=O) groups is 1. The summed E-state index contributed by atoms with van der Waals surface area (Å²) < 4.78 is 11.1. The van der Waals surface area contributed by atoms with Crippen molar-refractivity contribution in [2.75, 3.05) is 6.61 Å². The summed E-state index contributed by atoms with van der Waals surface area (Å²) in [6.07, 6.45) is 14.1. The van der Waals surface area contributed by atoms with Crippen LogP contribution in [0.2, 0.25) is 0 Å². The van der Waals surface area contributed by atoms with Gasteiger partial charge in [0.05, 0.1) is 12.4 Å². The Morgan fingerprint density at radius 3 is 2.19 bits per heavy atom. The van der Waals surface area contributed by atoms with Gasteiger partial charge in [-0.25, -0.2) is 14.8 Å². The number of aromatic nitrogens is 2. The van der Waals surface area contributed by atoms with E-state index < -0.39 is 12.1 Å². The predicted octanol–water partition coefficient (Wildman–Crippen LogP) is 8.21. The lowest BCUT2D eigenvalue weighted by atomic mass is 9.92. The van der Waals surface area contributed by atoms with Gasteiger partial charge in [-0.1, -0.05) is 107 Å². The number of unbranched alkanes of at least 4 members (excludes halogenated alkanes) is 7. The molecule has 1 heterocycles. The van der Waals surface area contributed by atoms with E-state index in [1.54, 1.807) is 19.3 Å². The van der Waals surface area contributed by atoms with Crippen molar-refractivity contribution in [2.24, 2.45) is 0 Å². The number of hydrogen-bond acceptors (Lipinski definition) is 5. The fourth-order valence-electron chi connectivity index (χ4n) is 4.40. The first-order valence-corrected chi connectivity index (χ1v) is 14.0. The normalized spacial score (nSPS) is 11.9. The SMILES string of the molecule is CCCCCCCc1cccc(-c2ccccc2)c1-c1ncc(OC(=O)[C@H](C)OCCCCCC)cn1. The molecule has 0 saturated carbocycles. The Bertz CT molecular complexity index is 1070. The molecular weight excluding hydrogens is 460 g/mol. The lowest BCUT2D eigenvalue weighted by Gasteiger charge is -2.15. The van der Waals surface area contributed by atoms with Crippen molar-refractivity contribution in [3.8, 4) is 28.3 Å². The number of benzene rings is 2. The van der Waals surface area contributed by atoms with E-state index in [1.165, 1.54) is 44.1 Å². The third-order valence-corrected chi connectivity index (χ3v) is 6.55. The van der Waals surface area contributed by atoms with E-state index in [2.05, 4.69) is 54.1 Å². The van der Waals surface area contributed by atoms with E-state index in [0.29, 0.717) is 18.2 Å². The first kappa shape index (κ1) is 28.5. The van der Waals surface area contributed by atoms with Gasteiger partial charge in [-0.2, -0.15) is 0 Å². The Morgan fingerprint density at radius 1 is 0.811 bits per heavy atom. The zero-order valence-electron chi connectivity index (χ0n) is 22.7. The molecule has 0 bridgehead atoms. The van der Waals surface area contributed by atoms with Gasteiger partial charge in [0.1, 0.15) is 0 Å². The number of esters is 1. The highest BCUT2D eigenvalue weighted by molar-refractivity contribution is 5.83. The van der Waals surface area contributed by atoms with Crippen LogP contribution in [-0.4, -0.2) is 28.6 Å². The molecule has 0 fully saturated rings. The number of carbonyl (C=O) groups excluding carboxylic acids is 1. The third-order valence-electron chi connectivity index (χ3n) is 6.55. The molecule has 3 rings (SSSR count). The van der Waals surface area contributed by atoms with Crippen molar-refractivity contribution in [3.05, 3.63) is 66.5 Å². The molecule has 5 heteroatoms. The minimum Gasteiger partial charge on any atom is -0.421 e. The van der Waals surface area contributed by atoms with E-state index >= 15 is 0 Å². The summed E-state index contributed by atoms with van der Waals surface area (Å²) in [5.74, 6) is 0.542. The van der Waals surface area contributed by atoms with Crippen molar-refractivity contribution in [3.63, 3.8) is 0 Å². The van der Waals surface area contributed by atoms with Gasteiger partial charge >= 0.3 is 5.97 Å². The van der Waals surface area contributed by atoms with Crippen molar-refractivity contribution in [1.82, 2.24) is 9.97 Å². The van der Waals surface area contributed by atoms with Crippen molar-refractivity contribution >= 4 is 5.97 Å². The topological polar surface area (TPSA) is 61.3 Å². The second-order valence-corrected chi connectivity index (χ2v) is 9.61. The Morgan fingerprint density at radius 2 is 1.49 bits per heavy atom. The van der Waals surface area contributed by atoms with Crippen LogP contribution in [0.15, 0.2) is 60.9 Å². The number of hydrogen-bond donors (Lipinski definition) is 0. The highest BCUT2D eigenvalue weighted by atomic mass is 16.6. The highest BCUT2D eigenvalue weighted by Crippen LogP contribution is 2.34. The number of rotatable bonds is 16. The second-order valence-electron chi connectivity index (χ2n) is 9.61. The first-order chi connectivity index (χ1) is 18.1. The van der Waals surface area contributed by atoms with Crippen LogP contribution < -0.4 is 4.74 Å². The van der Waals surface area contributed by atoms with Gasteiger partial charge in [0.25, 0.3) is 0 Å². The summed E-state index contributed by atoms with van der Waals surface area (Å²) in [5, 5.41) is 0. The molecule has 0 amide bonds. The molecule has 0 spiro atoms. The van der Waals surface area contributed by atoms with Gasteiger partial charge < -0.3 is 9.47 Å². The van der Waals surface area contributed by atoms with Gasteiger partial charge in [0, 0.05) is 12.2 Å². The van der Waals surface area contributed by atoms with Crippen LogP contribution >= 0.6 is 0 Å². The van der Waals surface area contributed by atoms with Crippen LogP contribution in [0.1, 0.15) is 84.1 Å². The minimum absolute atomic E-state index is 0.327. The van der Waals surface area contributed by atoms with Gasteiger partial charge in [-0.05, 0) is 42.9 Å². The molecule has 1 aromatic heterocycles. The van der Waals surface area contributed by atoms with Gasteiger partial charge in [0.2, 0.25) is 0 Å². The van der Waals surface area contributed by atoms with E-state index in [0.717, 1.165) is 42.4 Å². The maximum Gasteiger partial charge on any atom is 0.340 e. The predicted molar refractivity (Wildman–Crippen MR) is 151 cm³/mol. The number of nitrogens with zero attached hydrogens (tertiary/aromatic N) is 2. The standard InChI is InChI=1S/C32H42N2O3/c1-4-6-8-10-12-19-27-20-16-21-29(26-17-13-11-14-18-26)30(27)31-33-23-28(24-34-31)37-32(35)25(3)36-22-15-9-7-5-2/h11,13-14,16-18,20-21,23-25H,4-10,12,15,19,22H2,1-3H3/t25-/m0/s1. The first-order valence-electron chi connectivity index (χ1n) is 14.0. The maximum atomic E-state index is 12.5. The average Bonchev–Trinajstić information content (AvgIpc) is 2.93. The van der Waals surface area contributed by atoms with E-state index in [1.807, 2.05) is 18.2 Å². The average molecular weight is 503 g/mol. The zero-order chi connectivity index (χ0) is 26.3. The van der Waals surface area contributed by atoms with Crippen molar-refractivity contribution < 1.29 is 14.3 Å². The zero-order valence-corrected chi connectivity index (χ0v) is 22.7. The quantitative estimate of drug-likeness (QED) is 0.146. The summed E-state index contributed by atoms with van der Waals surface area (Å²) in [6, 6.07) is 16.8. The van der Waals surface area contributed by atoms with Gasteiger partial charge in [-0.15, -0.1) is 0 Å². The molecule has 3 aromatic rings. The Hall–Kier alpha value is -3.05. The third kappa shape index (κ3) is 9.08. The van der Waals surface area contributed by atoms with E-state index in [4.69, 9.17) is 9.47 Å². The highest BCUT2D eigenvalue weighted by Gasteiger charge is 2.18. The summed E-state index contributed by atoms with van der Waals surface area (Å²) >= 11 is 0. The molecule has 1 atom stereocenters. The fraction of sp³-hybridized carbons (Fsp3) is 0.469. The largest absolute Gasteiger partial charge is 0.421 e. The molecule has 0 saturated heterocycles. The van der Waals surface area contributed by atoms with Crippen LogP contribution in [0.5, 0.6) is 5.75 Å². The van der Waals surface area contributed by atoms with Gasteiger partial charge in [-0.3, -0.25) is 0 Å². The number of aryl methyl sites for hydroxylation is 1. The van der Waals surface area contributed by atoms with Crippen molar-refractivity contribution in [2.45, 2.75) is 91.1 Å². The molecule has 37 heavy (non-hydrogen) atoms.